The summed E-state index contributed by atoms with van der Waals surface area (Å²) in [4.78, 5) is 16.0. The van der Waals surface area contributed by atoms with Crippen molar-refractivity contribution in [3.05, 3.63) is 53.7 Å². The molecule has 6 nitrogen and oxygen atoms in total. The van der Waals surface area contributed by atoms with Gasteiger partial charge in [-0.05, 0) is 29.8 Å². The van der Waals surface area contributed by atoms with E-state index in [1.54, 1.807) is 25.3 Å². The molecule has 0 spiro atoms. The van der Waals surface area contributed by atoms with E-state index in [-0.39, 0.29) is 5.91 Å². The fraction of sp³-hybridized carbons (Fsp3) is 0.143. The molecule has 0 fully saturated rings. The first-order chi connectivity index (χ1) is 9.72. The van der Waals surface area contributed by atoms with Gasteiger partial charge in [-0.2, -0.15) is 0 Å². The molecule has 104 valence electrons. The summed E-state index contributed by atoms with van der Waals surface area (Å²) in [7, 11) is 1.60. The summed E-state index contributed by atoms with van der Waals surface area (Å²) in [6, 6.07) is 12.5. The molecule has 1 aromatic heterocycles. The molecule has 0 aliphatic heterocycles. The van der Waals surface area contributed by atoms with Gasteiger partial charge in [-0.3, -0.25) is 4.79 Å². The highest BCUT2D eigenvalue weighted by atomic mass is 16.5. The Kier molecular flexibility index (Phi) is 4.52. The number of carbonyl (C=O) groups excluding carboxylic acids is 1. The summed E-state index contributed by atoms with van der Waals surface area (Å²) < 4.78 is 5.13. The normalized spacial score (nSPS) is 9.90. The summed E-state index contributed by atoms with van der Waals surface area (Å²) in [6.07, 6.45) is 0. The summed E-state index contributed by atoms with van der Waals surface area (Å²) in [6.45, 7) is 0.401. The van der Waals surface area contributed by atoms with E-state index in [2.05, 4.69) is 15.7 Å². The van der Waals surface area contributed by atoms with Crippen molar-refractivity contribution in [3.63, 3.8) is 0 Å². The number of aromatic nitrogens is 1. The van der Waals surface area contributed by atoms with Crippen molar-refractivity contribution in [2.75, 3.05) is 12.5 Å². The van der Waals surface area contributed by atoms with Crippen molar-refractivity contribution in [2.45, 2.75) is 6.54 Å². The van der Waals surface area contributed by atoms with E-state index >= 15 is 0 Å². The van der Waals surface area contributed by atoms with E-state index in [1.165, 1.54) is 0 Å². The third kappa shape index (κ3) is 3.46. The molecule has 2 rings (SSSR count). The Morgan fingerprint density at radius 2 is 2.10 bits per heavy atom. The lowest BCUT2D eigenvalue weighted by atomic mass is 10.2. The number of rotatable bonds is 5. The van der Waals surface area contributed by atoms with Crippen LogP contribution in [0.25, 0.3) is 0 Å². The smallest absolute Gasteiger partial charge is 0.270 e. The van der Waals surface area contributed by atoms with Gasteiger partial charge in [0.25, 0.3) is 5.91 Å². The van der Waals surface area contributed by atoms with Crippen molar-refractivity contribution in [2.24, 2.45) is 5.84 Å². The minimum atomic E-state index is -0.259. The molecule has 1 aromatic carbocycles. The molecule has 0 radical (unpaired) electrons. The minimum absolute atomic E-state index is 0.259. The molecular weight excluding hydrogens is 256 g/mol. The van der Waals surface area contributed by atoms with Crippen LogP contribution >= 0.6 is 0 Å². The molecule has 0 bridgehead atoms. The number of pyridine rings is 1. The van der Waals surface area contributed by atoms with Gasteiger partial charge in [-0.15, -0.1) is 0 Å². The Hall–Kier alpha value is -2.60. The topological polar surface area (TPSA) is 89.3 Å². The molecule has 0 saturated heterocycles. The van der Waals surface area contributed by atoms with Crippen molar-refractivity contribution < 1.29 is 9.53 Å². The van der Waals surface area contributed by atoms with Crippen LogP contribution in [0.1, 0.15) is 16.1 Å². The fourth-order valence-electron chi connectivity index (χ4n) is 1.70. The predicted octanol–water partition coefficient (Wildman–Crippen LogP) is 1.31. The SMILES string of the molecule is COc1cccc(CNC(=O)c2cccc(NN)n2)c1. The van der Waals surface area contributed by atoms with Crippen LogP contribution in [-0.2, 0) is 6.54 Å². The molecule has 2 aromatic rings. The van der Waals surface area contributed by atoms with E-state index in [9.17, 15) is 4.79 Å². The highest BCUT2D eigenvalue weighted by molar-refractivity contribution is 5.92. The second-order valence-electron chi connectivity index (χ2n) is 4.09. The second kappa shape index (κ2) is 6.53. The number of carbonyl (C=O) groups is 1. The van der Waals surface area contributed by atoms with Gasteiger partial charge in [-0.25, -0.2) is 10.8 Å². The molecule has 0 unspecified atom stereocenters. The number of nitrogens with one attached hydrogen (secondary N) is 2. The number of nitrogen functional groups attached to an aromatic ring is 1. The van der Waals surface area contributed by atoms with Gasteiger partial charge in [0.15, 0.2) is 0 Å². The van der Waals surface area contributed by atoms with E-state index < -0.39 is 0 Å². The number of amides is 1. The van der Waals surface area contributed by atoms with E-state index in [0.29, 0.717) is 18.1 Å². The Bertz CT molecular complexity index is 601. The third-order valence-electron chi connectivity index (χ3n) is 2.72. The maximum atomic E-state index is 12.0. The number of hydrazine groups is 1. The van der Waals surface area contributed by atoms with Crippen molar-refractivity contribution in [1.29, 1.82) is 0 Å². The van der Waals surface area contributed by atoms with Crippen LogP contribution in [0.15, 0.2) is 42.5 Å². The van der Waals surface area contributed by atoms with Crippen LogP contribution in [0.3, 0.4) is 0 Å². The second-order valence-corrected chi connectivity index (χ2v) is 4.09. The largest absolute Gasteiger partial charge is 0.497 e. The van der Waals surface area contributed by atoms with Crippen molar-refractivity contribution in [1.82, 2.24) is 10.3 Å². The lowest BCUT2D eigenvalue weighted by Crippen LogP contribution is -2.24. The first kappa shape index (κ1) is 13.8. The number of benzene rings is 1. The summed E-state index contributed by atoms with van der Waals surface area (Å²) in [5.41, 5.74) is 3.66. The van der Waals surface area contributed by atoms with Crippen molar-refractivity contribution >= 4 is 11.7 Å². The van der Waals surface area contributed by atoms with Gasteiger partial charge in [0.2, 0.25) is 0 Å². The molecule has 4 N–H and O–H groups in total. The maximum absolute atomic E-state index is 12.0. The van der Waals surface area contributed by atoms with Gasteiger partial charge < -0.3 is 15.5 Å². The number of ether oxygens (including phenoxy) is 1. The molecule has 6 heteroatoms. The first-order valence-corrected chi connectivity index (χ1v) is 6.07. The molecular formula is C14H16N4O2. The van der Waals surface area contributed by atoms with Crippen molar-refractivity contribution in [3.8, 4) is 5.75 Å². The molecule has 0 aliphatic carbocycles. The zero-order valence-corrected chi connectivity index (χ0v) is 11.1. The molecule has 0 aliphatic rings. The Morgan fingerprint density at radius 3 is 2.85 bits per heavy atom. The summed E-state index contributed by atoms with van der Waals surface area (Å²) in [5.74, 6) is 6.20. The highest BCUT2D eigenvalue weighted by Gasteiger charge is 2.07. The zero-order chi connectivity index (χ0) is 14.4. The average Bonchev–Trinajstić information content (AvgIpc) is 2.52. The van der Waals surface area contributed by atoms with E-state index in [4.69, 9.17) is 10.6 Å². The third-order valence-corrected chi connectivity index (χ3v) is 2.72. The van der Waals surface area contributed by atoms with Gasteiger partial charge in [0.1, 0.15) is 17.3 Å². The number of hydrogen-bond acceptors (Lipinski definition) is 5. The Balaban J connectivity index is 2.00. The Morgan fingerprint density at radius 1 is 1.30 bits per heavy atom. The monoisotopic (exact) mass is 272 g/mol. The number of nitrogens with zero attached hydrogens (tertiary/aromatic N) is 1. The minimum Gasteiger partial charge on any atom is -0.497 e. The molecule has 0 saturated carbocycles. The first-order valence-electron chi connectivity index (χ1n) is 6.07. The molecule has 1 heterocycles. The van der Waals surface area contributed by atoms with Gasteiger partial charge in [-0.1, -0.05) is 18.2 Å². The van der Waals surface area contributed by atoms with E-state index in [1.807, 2.05) is 24.3 Å². The summed E-state index contributed by atoms with van der Waals surface area (Å²) >= 11 is 0. The maximum Gasteiger partial charge on any atom is 0.270 e. The Labute approximate surface area is 116 Å². The highest BCUT2D eigenvalue weighted by Crippen LogP contribution is 2.12. The van der Waals surface area contributed by atoms with Crippen LogP contribution in [-0.4, -0.2) is 18.0 Å². The lowest BCUT2D eigenvalue weighted by Gasteiger charge is -2.07. The van der Waals surface area contributed by atoms with Crippen LogP contribution in [0.5, 0.6) is 5.75 Å². The van der Waals surface area contributed by atoms with Crippen LogP contribution in [0.4, 0.5) is 5.82 Å². The predicted molar refractivity (Wildman–Crippen MR) is 76.2 cm³/mol. The van der Waals surface area contributed by atoms with E-state index in [0.717, 1.165) is 11.3 Å². The number of nitrogens with two attached hydrogens (primary N) is 1. The number of methoxy groups -OCH3 is 1. The standard InChI is InChI=1S/C14H16N4O2/c1-20-11-5-2-4-10(8-11)9-16-14(19)12-6-3-7-13(17-12)18-15/h2-8H,9,15H2,1H3,(H,16,19)(H,17,18). The molecule has 1 amide bonds. The molecule has 0 atom stereocenters. The number of anilines is 1. The quantitative estimate of drug-likeness (QED) is 0.564. The molecule has 20 heavy (non-hydrogen) atoms. The lowest BCUT2D eigenvalue weighted by molar-refractivity contribution is 0.0946. The zero-order valence-electron chi connectivity index (χ0n) is 11.1. The van der Waals surface area contributed by atoms with Crippen LogP contribution in [0.2, 0.25) is 0 Å². The van der Waals surface area contributed by atoms with Gasteiger partial charge >= 0.3 is 0 Å². The van der Waals surface area contributed by atoms with Gasteiger partial charge in [0.05, 0.1) is 7.11 Å². The number of hydrogen-bond donors (Lipinski definition) is 3. The average molecular weight is 272 g/mol. The van der Waals surface area contributed by atoms with Crippen LogP contribution < -0.4 is 21.3 Å². The fourth-order valence-corrected chi connectivity index (χ4v) is 1.70. The van der Waals surface area contributed by atoms with Gasteiger partial charge in [0, 0.05) is 6.54 Å². The van der Waals surface area contributed by atoms with Crippen LogP contribution in [0, 0.1) is 0 Å². The summed E-state index contributed by atoms with van der Waals surface area (Å²) in [5, 5.41) is 2.79.